The summed E-state index contributed by atoms with van der Waals surface area (Å²) in [6.07, 6.45) is 4.15. The van der Waals surface area contributed by atoms with E-state index in [2.05, 4.69) is 11.1 Å². The molecule has 0 aliphatic carbocycles. The third-order valence-electron chi connectivity index (χ3n) is 2.20. The van der Waals surface area contributed by atoms with Crippen LogP contribution in [0.5, 0.6) is 0 Å². The van der Waals surface area contributed by atoms with Gasteiger partial charge in [0.2, 0.25) is 0 Å². The highest BCUT2D eigenvalue weighted by Gasteiger charge is 2.18. The van der Waals surface area contributed by atoms with Gasteiger partial charge in [0.15, 0.2) is 0 Å². The first kappa shape index (κ1) is 9.04. The minimum atomic E-state index is 0.619. The molecule has 1 fully saturated rings. The quantitative estimate of drug-likeness (QED) is 0.715. The van der Waals surface area contributed by atoms with E-state index in [1.165, 1.54) is 24.3 Å². The lowest BCUT2D eigenvalue weighted by Gasteiger charge is -2.18. The Morgan fingerprint density at radius 1 is 1.46 bits per heavy atom. The van der Waals surface area contributed by atoms with Gasteiger partial charge in [0.25, 0.3) is 0 Å². The lowest BCUT2D eigenvalue weighted by molar-refractivity contribution is 0.633. The normalized spacial score (nSPS) is 18.4. The molecule has 2 rings (SSSR count). The maximum atomic E-state index is 8.67. The molecule has 1 aliphatic heterocycles. The number of thioether (sulfide) groups is 1. The van der Waals surface area contributed by atoms with E-state index in [1.54, 1.807) is 17.5 Å². The van der Waals surface area contributed by atoms with Crippen molar-refractivity contribution in [2.45, 2.75) is 18.8 Å². The summed E-state index contributed by atoms with van der Waals surface area (Å²) in [6.45, 7) is 0. The highest BCUT2D eigenvalue weighted by atomic mass is 32.2. The number of aromatic nitrogens is 1. The maximum absolute atomic E-state index is 8.67. The smallest absolute Gasteiger partial charge is 0.124 e. The van der Waals surface area contributed by atoms with Crippen LogP contribution in [0.25, 0.3) is 0 Å². The summed E-state index contributed by atoms with van der Waals surface area (Å²) in [5, 5.41) is 9.83. The Bertz CT molecular complexity index is 321. The van der Waals surface area contributed by atoms with Gasteiger partial charge in [-0.05, 0) is 24.3 Å². The van der Waals surface area contributed by atoms with E-state index in [0.717, 1.165) is 9.88 Å². The molecule has 1 aromatic rings. The Morgan fingerprint density at radius 2 is 2.23 bits per heavy atom. The Morgan fingerprint density at radius 3 is 2.85 bits per heavy atom. The van der Waals surface area contributed by atoms with Gasteiger partial charge < -0.3 is 0 Å². The maximum Gasteiger partial charge on any atom is 0.124 e. The first-order valence-electron chi connectivity index (χ1n) is 4.33. The molecule has 1 saturated heterocycles. The molecule has 2 nitrogen and oxygen atoms in total. The van der Waals surface area contributed by atoms with Gasteiger partial charge in [0, 0.05) is 5.92 Å². The van der Waals surface area contributed by atoms with Crippen LogP contribution < -0.4 is 0 Å². The van der Waals surface area contributed by atoms with Crippen molar-refractivity contribution in [3.8, 4) is 6.07 Å². The molecule has 0 aromatic carbocycles. The molecule has 1 aromatic heterocycles. The average molecular weight is 210 g/mol. The van der Waals surface area contributed by atoms with E-state index in [1.807, 2.05) is 11.8 Å². The van der Waals surface area contributed by atoms with Crippen molar-refractivity contribution in [2.24, 2.45) is 0 Å². The molecule has 0 radical (unpaired) electrons. The topological polar surface area (TPSA) is 36.7 Å². The van der Waals surface area contributed by atoms with Crippen LogP contribution in [0.4, 0.5) is 0 Å². The van der Waals surface area contributed by atoms with Crippen LogP contribution in [0, 0.1) is 11.3 Å². The zero-order valence-electron chi connectivity index (χ0n) is 7.19. The van der Waals surface area contributed by atoms with Gasteiger partial charge in [-0.25, -0.2) is 4.98 Å². The molecule has 0 N–H and O–H groups in total. The molecule has 2 heterocycles. The molecule has 0 atom stereocenters. The van der Waals surface area contributed by atoms with Crippen LogP contribution in [0.1, 0.15) is 28.6 Å². The van der Waals surface area contributed by atoms with Gasteiger partial charge in [-0.3, -0.25) is 0 Å². The Balaban J connectivity index is 2.11. The first-order valence-corrected chi connectivity index (χ1v) is 6.31. The zero-order chi connectivity index (χ0) is 9.10. The van der Waals surface area contributed by atoms with Crippen molar-refractivity contribution < 1.29 is 0 Å². The summed E-state index contributed by atoms with van der Waals surface area (Å²) < 4.78 is 0. The van der Waals surface area contributed by atoms with Crippen molar-refractivity contribution >= 4 is 23.1 Å². The number of nitrogens with zero attached hydrogens (tertiary/aromatic N) is 2. The van der Waals surface area contributed by atoms with E-state index >= 15 is 0 Å². The van der Waals surface area contributed by atoms with Crippen molar-refractivity contribution in [1.82, 2.24) is 4.98 Å². The van der Waals surface area contributed by atoms with Crippen LogP contribution in [0.3, 0.4) is 0 Å². The fourth-order valence-electron chi connectivity index (χ4n) is 1.47. The van der Waals surface area contributed by atoms with Gasteiger partial charge in [0.05, 0.1) is 11.2 Å². The fourth-order valence-corrected chi connectivity index (χ4v) is 3.46. The summed E-state index contributed by atoms with van der Waals surface area (Å²) in [5.41, 5.74) is 0. The lowest BCUT2D eigenvalue weighted by atomic mass is 10.0. The third kappa shape index (κ3) is 2.04. The van der Waals surface area contributed by atoms with Gasteiger partial charge in [-0.1, -0.05) is 0 Å². The van der Waals surface area contributed by atoms with Crippen LogP contribution >= 0.6 is 23.1 Å². The molecule has 4 heteroatoms. The van der Waals surface area contributed by atoms with Crippen molar-refractivity contribution in [3.05, 3.63) is 16.1 Å². The van der Waals surface area contributed by atoms with Gasteiger partial charge in [-0.2, -0.15) is 17.0 Å². The SMILES string of the molecule is N#Cc1cnc(C2CCSCC2)s1. The monoisotopic (exact) mass is 210 g/mol. The molecule has 0 unspecified atom stereocenters. The van der Waals surface area contributed by atoms with E-state index < -0.39 is 0 Å². The summed E-state index contributed by atoms with van der Waals surface area (Å²) >= 11 is 3.58. The van der Waals surface area contributed by atoms with Gasteiger partial charge in [-0.15, -0.1) is 11.3 Å². The average Bonchev–Trinajstić information content (AvgIpc) is 2.67. The summed E-state index contributed by atoms with van der Waals surface area (Å²) in [5.74, 6) is 3.10. The Kier molecular flexibility index (Phi) is 2.87. The molecular formula is C9H10N2S2. The van der Waals surface area contributed by atoms with E-state index in [9.17, 15) is 0 Å². The minimum Gasteiger partial charge on any atom is -0.248 e. The molecule has 68 valence electrons. The second-order valence-corrected chi connectivity index (χ2v) is 5.35. The van der Waals surface area contributed by atoms with Gasteiger partial charge >= 0.3 is 0 Å². The van der Waals surface area contributed by atoms with Crippen LogP contribution in [0.15, 0.2) is 6.20 Å². The number of hydrogen-bond acceptors (Lipinski definition) is 4. The van der Waals surface area contributed by atoms with Crippen molar-refractivity contribution in [1.29, 1.82) is 5.26 Å². The largest absolute Gasteiger partial charge is 0.248 e. The molecule has 0 amide bonds. The standard InChI is InChI=1S/C9H10N2S2/c10-5-8-6-11-9(13-8)7-1-3-12-4-2-7/h6-7H,1-4H2. The Hall–Kier alpha value is -0.530. The number of rotatable bonds is 1. The molecule has 1 aliphatic rings. The van der Waals surface area contributed by atoms with Crippen LogP contribution in [-0.4, -0.2) is 16.5 Å². The Labute approximate surface area is 86.0 Å². The molecule has 0 bridgehead atoms. The highest BCUT2D eigenvalue weighted by molar-refractivity contribution is 7.99. The lowest BCUT2D eigenvalue weighted by Crippen LogP contribution is -2.06. The number of nitriles is 1. The van der Waals surface area contributed by atoms with E-state index in [0.29, 0.717) is 5.92 Å². The number of hydrogen-bond donors (Lipinski definition) is 0. The molecule has 0 saturated carbocycles. The predicted octanol–water partition coefficient (Wildman–Crippen LogP) is 2.63. The molecule has 13 heavy (non-hydrogen) atoms. The predicted molar refractivity (Wildman–Crippen MR) is 56.1 cm³/mol. The summed E-state index contributed by atoms with van der Waals surface area (Å²) in [4.78, 5) is 5.04. The highest BCUT2D eigenvalue weighted by Crippen LogP contribution is 2.33. The van der Waals surface area contributed by atoms with Crippen molar-refractivity contribution in [3.63, 3.8) is 0 Å². The second-order valence-electron chi connectivity index (χ2n) is 3.06. The summed E-state index contributed by atoms with van der Waals surface area (Å²) in [6, 6.07) is 2.14. The third-order valence-corrected chi connectivity index (χ3v) is 4.32. The summed E-state index contributed by atoms with van der Waals surface area (Å²) in [7, 11) is 0. The van der Waals surface area contributed by atoms with E-state index in [4.69, 9.17) is 5.26 Å². The van der Waals surface area contributed by atoms with E-state index in [-0.39, 0.29) is 0 Å². The second kappa shape index (κ2) is 4.12. The number of thiazole rings is 1. The zero-order valence-corrected chi connectivity index (χ0v) is 8.83. The first-order chi connectivity index (χ1) is 6.40. The van der Waals surface area contributed by atoms with Crippen molar-refractivity contribution in [2.75, 3.05) is 11.5 Å². The van der Waals surface area contributed by atoms with Gasteiger partial charge in [0.1, 0.15) is 10.9 Å². The minimum absolute atomic E-state index is 0.619. The van der Waals surface area contributed by atoms with Crippen LogP contribution in [-0.2, 0) is 0 Å². The molecule has 0 spiro atoms. The van der Waals surface area contributed by atoms with Crippen LogP contribution in [0.2, 0.25) is 0 Å². The fraction of sp³-hybridized carbons (Fsp3) is 0.556. The molecular weight excluding hydrogens is 200 g/mol.